The molecule has 0 heterocycles. The Morgan fingerprint density at radius 2 is 2.29 bits per heavy atom. The number of carboxylic acid groups (broad SMARTS) is 1. The first-order valence-corrected chi connectivity index (χ1v) is 4.67. The standard InChI is InChI=1S/C12H12O2/c1-8-2-3-9-4-5-10(7-12(13)14)11(9)6-8/h2-3,5-6H,4,7H2,1H3,(H,13,14). The second kappa shape index (κ2) is 3.29. The van der Waals surface area contributed by atoms with E-state index in [1.54, 1.807) is 0 Å². The first-order valence-electron chi connectivity index (χ1n) is 4.67. The van der Waals surface area contributed by atoms with Gasteiger partial charge in [0.05, 0.1) is 6.42 Å². The number of aliphatic carboxylic acids is 1. The number of carboxylic acids is 1. The Bertz CT molecular complexity index is 416. The van der Waals surface area contributed by atoms with Crippen LogP contribution in [0.5, 0.6) is 0 Å². The van der Waals surface area contributed by atoms with Gasteiger partial charge in [0.15, 0.2) is 0 Å². The molecule has 0 unspecified atom stereocenters. The minimum Gasteiger partial charge on any atom is -0.481 e. The van der Waals surface area contributed by atoms with Gasteiger partial charge >= 0.3 is 5.97 Å². The van der Waals surface area contributed by atoms with E-state index < -0.39 is 5.97 Å². The number of benzene rings is 1. The van der Waals surface area contributed by atoms with Crippen LogP contribution in [0.3, 0.4) is 0 Å². The summed E-state index contributed by atoms with van der Waals surface area (Å²) in [4.78, 5) is 10.6. The van der Waals surface area contributed by atoms with E-state index in [9.17, 15) is 4.79 Å². The van der Waals surface area contributed by atoms with Crippen LogP contribution < -0.4 is 0 Å². The van der Waals surface area contributed by atoms with Gasteiger partial charge < -0.3 is 5.11 Å². The predicted molar refractivity (Wildman–Crippen MR) is 55.1 cm³/mol. The average Bonchev–Trinajstić information content (AvgIpc) is 2.47. The summed E-state index contributed by atoms with van der Waals surface area (Å²) in [5, 5.41) is 8.73. The van der Waals surface area contributed by atoms with Gasteiger partial charge in [0.1, 0.15) is 0 Å². The Morgan fingerprint density at radius 3 is 3.00 bits per heavy atom. The second-order valence-electron chi connectivity index (χ2n) is 3.66. The largest absolute Gasteiger partial charge is 0.481 e. The maximum absolute atomic E-state index is 10.6. The van der Waals surface area contributed by atoms with Crippen molar-refractivity contribution in [2.45, 2.75) is 19.8 Å². The highest BCUT2D eigenvalue weighted by Gasteiger charge is 2.15. The molecule has 1 aromatic rings. The molecule has 0 saturated carbocycles. The SMILES string of the molecule is Cc1ccc2c(c1)C(CC(=O)O)=CC2. The second-order valence-corrected chi connectivity index (χ2v) is 3.66. The van der Waals surface area contributed by atoms with Gasteiger partial charge in [0.25, 0.3) is 0 Å². The summed E-state index contributed by atoms with van der Waals surface area (Å²) < 4.78 is 0. The van der Waals surface area contributed by atoms with Crippen molar-refractivity contribution in [1.82, 2.24) is 0 Å². The van der Waals surface area contributed by atoms with E-state index in [1.165, 1.54) is 11.1 Å². The third kappa shape index (κ3) is 1.55. The minimum atomic E-state index is -0.759. The Labute approximate surface area is 82.9 Å². The lowest BCUT2D eigenvalue weighted by Gasteiger charge is -2.04. The number of hydrogen-bond donors (Lipinski definition) is 1. The normalized spacial score (nSPS) is 13.6. The molecule has 0 aliphatic heterocycles. The number of aryl methyl sites for hydroxylation is 1. The number of rotatable bonds is 2. The lowest BCUT2D eigenvalue weighted by atomic mass is 10.0. The Morgan fingerprint density at radius 1 is 1.50 bits per heavy atom. The summed E-state index contributed by atoms with van der Waals surface area (Å²) in [6, 6.07) is 6.21. The topological polar surface area (TPSA) is 37.3 Å². The molecule has 1 aromatic carbocycles. The zero-order chi connectivity index (χ0) is 10.1. The maximum atomic E-state index is 10.6. The van der Waals surface area contributed by atoms with Crippen molar-refractivity contribution in [3.05, 3.63) is 41.0 Å². The van der Waals surface area contributed by atoms with Gasteiger partial charge in [-0.15, -0.1) is 0 Å². The van der Waals surface area contributed by atoms with Gasteiger partial charge in [-0.2, -0.15) is 0 Å². The summed E-state index contributed by atoms with van der Waals surface area (Å²) in [5.41, 5.74) is 4.50. The van der Waals surface area contributed by atoms with Gasteiger partial charge in [0.2, 0.25) is 0 Å². The van der Waals surface area contributed by atoms with Crippen LogP contribution >= 0.6 is 0 Å². The molecule has 2 nitrogen and oxygen atoms in total. The van der Waals surface area contributed by atoms with Crippen molar-refractivity contribution in [3.63, 3.8) is 0 Å². The Kier molecular flexibility index (Phi) is 2.12. The Hall–Kier alpha value is -1.57. The van der Waals surface area contributed by atoms with Gasteiger partial charge in [-0.05, 0) is 30.0 Å². The van der Waals surface area contributed by atoms with E-state index in [4.69, 9.17) is 5.11 Å². The highest BCUT2D eigenvalue weighted by molar-refractivity contribution is 5.86. The van der Waals surface area contributed by atoms with E-state index in [1.807, 2.05) is 13.0 Å². The molecule has 1 aliphatic carbocycles. The van der Waals surface area contributed by atoms with Crippen LogP contribution in [-0.4, -0.2) is 11.1 Å². The van der Waals surface area contributed by atoms with Crippen LogP contribution in [0.25, 0.3) is 5.57 Å². The molecule has 0 aromatic heterocycles. The summed E-state index contributed by atoms with van der Waals surface area (Å²) in [6.45, 7) is 2.02. The molecule has 0 bridgehead atoms. The fourth-order valence-corrected chi connectivity index (χ4v) is 1.84. The van der Waals surface area contributed by atoms with Crippen LogP contribution in [0.15, 0.2) is 24.3 Å². The number of allylic oxidation sites excluding steroid dienone is 1. The van der Waals surface area contributed by atoms with Crippen molar-refractivity contribution < 1.29 is 9.90 Å². The molecule has 0 amide bonds. The predicted octanol–water partition coefficient (Wildman–Crippen LogP) is 2.41. The van der Waals surface area contributed by atoms with Gasteiger partial charge in [-0.1, -0.05) is 29.8 Å². The van der Waals surface area contributed by atoms with Crippen LogP contribution in [0, 0.1) is 6.92 Å². The van der Waals surface area contributed by atoms with Crippen molar-refractivity contribution in [2.24, 2.45) is 0 Å². The molecule has 0 fully saturated rings. The highest BCUT2D eigenvalue weighted by Crippen LogP contribution is 2.30. The molecule has 0 saturated heterocycles. The average molecular weight is 188 g/mol. The van der Waals surface area contributed by atoms with Gasteiger partial charge in [-0.3, -0.25) is 4.79 Å². The zero-order valence-electron chi connectivity index (χ0n) is 8.08. The fourth-order valence-electron chi connectivity index (χ4n) is 1.84. The molecule has 1 aliphatic rings. The van der Waals surface area contributed by atoms with E-state index in [2.05, 4.69) is 18.2 Å². The molecule has 0 atom stereocenters. The first kappa shape index (κ1) is 9.00. The smallest absolute Gasteiger partial charge is 0.307 e. The summed E-state index contributed by atoms with van der Waals surface area (Å²) in [5.74, 6) is -0.759. The van der Waals surface area contributed by atoms with Gasteiger partial charge in [0, 0.05) is 0 Å². The summed E-state index contributed by atoms with van der Waals surface area (Å²) in [7, 11) is 0. The van der Waals surface area contributed by atoms with Crippen molar-refractivity contribution in [1.29, 1.82) is 0 Å². The highest BCUT2D eigenvalue weighted by atomic mass is 16.4. The van der Waals surface area contributed by atoms with Gasteiger partial charge in [-0.25, -0.2) is 0 Å². The molecule has 1 N–H and O–H groups in total. The summed E-state index contributed by atoms with van der Waals surface area (Å²) >= 11 is 0. The van der Waals surface area contributed by atoms with Crippen LogP contribution in [0.4, 0.5) is 0 Å². The van der Waals surface area contributed by atoms with E-state index in [-0.39, 0.29) is 6.42 Å². The Balaban J connectivity index is 2.35. The molecule has 2 rings (SSSR count). The minimum absolute atomic E-state index is 0.135. The third-order valence-corrected chi connectivity index (χ3v) is 2.52. The fraction of sp³-hybridized carbons (Fsp3) is 0.250. The monoisotopic (exact) mass is 188 g/mol. The first-order chi connectivity index (χ1) is 6.66. The van der Waals surface area contributed by atoms with Crippen LogP contribution in [-0.2, 0) is 11.2 Å². The lowest BCUT2D eigenvalue weighted by Crippen LogP contribution is -1.96. The van der Waals surface area contributed by atoms with E-state index in [0.717, 1.165) is 17.6 Å². The quantitative estimate of drug-likeness (QED) is 0.773. The van der Waals surface area contributed by atoms with Crippen molar-refractivity contribution >= 4 is 11.5 Å². The number of carbonyl (C=O) groups is 1. The summed E-state index contributed by atoms with van der Waals surface area (Å²) in [6.07, 6.45) is 3.02. The zero-order valence-corrected chi connectivity index (χ0v) is 8.08. The lowest BCUT2D eigenvalue weighted by molar-refractivity contribution is -0.135. The molecular formula is C12H12O2. The van der Waals surface area contributed by atoms with Crippen molar-refractivity contribution in [2.75, 3.05) is 0 Å². The molecule has 0 radical (unpaired) electrons. The maximum Gasteiger partial charge on any atom is 0.307 e. The van der Waals surface area contributed by atoms with Crippen LogP contribution in [0.2, 0.25) is 0 Å². The number of fused-ring (bicyclic) bond motifs is 1. The molecular weight excluding hydrogens is 176 g/mol. The van der Waals surface area contributed by atoms with E-state index >= 15 is 0 Å². The third-order valence-electron chi connectivity index (χ3n) is 2.52. The molecule has 2 heteroatoms. The molecule has 14 heavy (non-hydrogen) atoms. The van der Waals surface area contributed by atoms with Crippen LogP contribution in [0.1, 0.15) is 23.1 Å². The van der Waals surface area contributed by atoms with E-state index in [0.29, 0.717) is 0 Å². The van der Waals surface area contributed by atoms with Crippen molar-refractivity contribution in [3.8, 4) is 0 Å². The molecule has 0 spiro atoms. The number of hydrogen-bond acceptors (Lipinski definition) is 1. The molecule has 72 valence electrons.